The van der Waals surface area contributed by atoms with Crippen LogP contribution in [0.5, 0.6) is 5.75 Å². The fourth-order valence-corrected chi connectivity index (χ4v) is 4.63. The van der Waals surface area contributed by atoms with Crippen molar-refractivity contribution in [3.8, 4) is 5.75 Å². The summed E-state index contributed by atoms with van der Waals surface area (Å²) in [7, 11) is -2.60. The van der Waals surface area contributed by atoms with Crippen LogP contribution in [0, 0.1) is 0 Å². The van der Waals surface area contributed by atoms with Crippen LogP contribution in [-0.4, -0.2) is 44.9 Å². The first-order valence-corrected chi connectivity index (χ1v) is 12.6. The molecule has 35 heavy (non-hydrogen) atoms. The minimum Gasteiger partial charge on any atom is -0.495 e. The topological polar surface area (TPSA) is 126 Å². The first-order chi connectivity index (χ1) is 16.9. The number of nitrogens with zero attached hydrogens (tertiary/aromatic N) is 1. The first-order valence-electron chi connectivity index (χ1n) is 11.2. The van der Waals surface area contributed by atoms with E-state index in [0.717, 1.165) is 18.5 Å². The Morgan fingerprint density at radius 3 is 2.51 bits per heavy atom. The summed E-state index contributed by atoms with van der Waals surface area (Å²) < 4.78 is 33.7. The smallest absolute Gasteiger partial charge is 0.255 e. The average Bonchev–Trinajstić information content (AvgIpc) is 3.68. The van der Waals surface area contributed by atoms with Crippen LogP contribution in [0.1, 0.15) is 39.3 Å². The summed E-state index contributed by atoms with van der Waals surface area (Å²) in [5.74, 6) is -0.596. The third-order valence-corrected chi connectivity index (χ3v) is 6.89. The molecule has 2 amide bonds. The van der Waals surface area contributed by atoms with Gasteiger partial charge in [0.2, 0.25) is 10.0 Å². The van der Waals surface area contributed by atoms with Crippen molar-refractivity contribution in [2.24, 2.45) is 0 Å². The van der Waals surface area contributed by atoms with E-state index in [1.54, 1.807) is 36.5 Å². The number of amides is 2. The molecular formula is C25H26N4O5S. The zero-order chi connectivity index (χ0) is 24.8. The predicted octanol–water partition coefficient (Wildman–Crippen LogP) is 2.76. The quantitative estimate of drug-likeness (QED) is 0.398. The highest BCUT2D eigenvalue weighted by Gasteiger charge is 2.24. The van der Waals surface area contributed by atoms with Crippen LogP contribution in [0.15, 0.2) is 71.8 Å². The fraction of sp³-hybridized carbons (Fsp3) is 0.240. The number of rotatable bonds is 10. The Morgan fingerprint density at radius 2 is 1.80 bits per heavy atom. The number of sulfonamides is 1. The van der Waals surface area contributed by atoms with Gasteiger partial charge in [0, 0.05) is 47.7 Å². The molecule has 182 valence electrons. The zero-order valence-corrected chi connectivity index (χ0v) is 20.0. The van der Waals surface area contributed by atoms with Crippen LogP contribution in [0.3, 0.4) is 0 Å². The Hall–Kier alpha value is -3.76. The molecule has 1 aliphatic rings. The summed E-state index contributed by atoms with van der Waals surface area (Å²) >= 11 is 0. The monoisotopic (exact) mass is 494 g/mol. The molecule has 3 aromatic rings. The predicted molar refractivity (Wildman–Crippen MR) is 131 cm³/mol. The van der Waals surface area contributed by atoms with E-state index in [2.05, 4.69) is 20.3 Å². The Morgan fingerprint density at radius 1 is 1.00 bits per heavy atom. The number of hydrogen-bond acceptors (Lipinski definition) is 6. The van der Waals surface area contributed by atoms with Gasteiger partial charge in [-0.3, -0.25) is 14.6 Å². The molecule has 0 bridgehead atoms. The number of aromatic nitrogens is 1. The maximum atomic E-state index is 13.0. The number of benzene rings is 2. The molecule has 2 aromatic carbocycles. The van der Waals surface area contributed by atoms with Gasteiger partial charge in [0.25, 0.3) is 11.8 Å². The second-order valence-electron chi connectivity index (χ2n) is 8.12. The van der Waals surface area contributed by atoms with E-state index >= 15 is 0 Å². The molecule has 1 fully saturated rings. The zero-order valence-electron chi connectivity index (χ0n) is 19.2. The van der Waals surface area contributed by atoms with Crippen LogP contribution >= 0.6 is 0 Å². The normalized spacial score (nSPS) is 13.2. The lowest BCUT2D eigenvalue weighted by Gasteiger charge is -2.13. The van der Waals surface area contributed by atoms with E-state index in [9.17, 15) is 18.0 Å². The van der Waals surface area contributed by atoms with Gasteiger partial charge < -0.3 is 15.4 Å². The highest BCUT2D eigenvalue weighted by atomic mass is 32.2. The molecule has 0 radical (unpaired) electrons. The molecule has 3 N–H and O–H groups in total. The van der Waals surface area contributed by atoms with Gasteiger partial charge >= 0.3 is 0 Å². The van der Waals surface area contributed by atoms with Crippen LogP contribution < -0.4 is 20.1 Å². The van der Waals surface area contributed by atoms with Gasteiger partial charge in [-0.25, -0.2) is 13.1 Å². The number of carbonyl (C=O) groups is 2. The molecular weight excluding hydrogens is 468 g/mol. The molecule has 4 rings (SSSR count). The van der Waals surface area contributed by atoms with Crippen LogP contribution in [0.4, 0.5) is 5.69 Å². The second kappa shape index (κ2) is 10.7. The van der Waals surface area contributed by atoms with E-state index in [1.807, 2.05) is 12.1 Å². The molecule has 10 heteroatoms. The minimum absolute atomic E-state index is 0.116. The second-order valence-corrected chi connectivity index (χ2v) is 9.85. The molecule has 0 spiro atoms. The van der Waals surface area contributed by atoms with Gasteiger partial charge in [-0.05, 0) is 61.4 Å². The Bertz CT molecular complexity index is 1320. The molecule has 0 atom stereocenters. The van der Waals surface area contributed by atoms with Crippen molar-refractivity contribution < 1.29 is 22.7 Å². The Balaban J connectivity index is 1.47. The van der Waals surface area contributed by atoms with Crippen LogP contribution in [0.25, 0.3) is 0 Å². The maximum absolute atomic E-state index is 13.0. The molecule has 0 saturated heterocycles. The van der Waals surface area contributed by atoms with Crippen molar-refractivity contribution in [1.82, 2.24) is 15.0 Å². The molecule has 9 nitrogen and oxygen atoms in total. The molecule has 1 aromatic heterocycles. The van der Waals surface area contributed by atoms with Gasteiger partial charge in [0.1, 0.15) is 10.6 Å². The lowest BCUT2D eigenvalue weighted by Crippen LogP contribution is -2.27. The van der Waals surface area contributed by atoms with Crippen molar-refractivity contribution in [2.45, 2.75) is 30.2 Å². The number of carbonyl (C=O) groups excluding carboxylic acids is 2. The number of methoxy groups -OCH3 is 1. The average molecular weight is 495 g/mol. The van der Waals surface area contributed by atoms with E-state index in [-0.39, 0.29) is 34.7 Å². The van der Waals surface area contributed by atoms with Gasteiger partial charge in [-0.1, -0.05) is 12.1 Å². The molecule has 0 aliphatic heterocycles. The van der Waals surface area contributed by atoms with Gasteiger partial charge in [0.15, 0.2) is 0 Å². The van der Waals surface area contributed by atoms with Crippen molar-refractivity contribution in [2.75, 3.05) is 19.0 Å². The summed E-state index contributed by atoms with van der Waals surface area (Å²) in [5.41, 5.74) is 1.74. The van der Waals surface area contributed by atoms with Gasteiger partial charge in [-0.2, -0.15) is 0 Å². The molecule has 1 saturated carbocycles. The van der Waals surface area contributed by atoms with E-state index in [1.165, 1.54) is 25.3 Å². The van der Waals surface area contributed by atoms with Crippen LogP contribution in [0.2, 0.25) is 0 Å². The number of pyridine rings is 1. The van der Waals surface area contributed by atoms with E-state index < -0.39 is 15.9 Å². The highest BCUT2D eigenvalue weighted by molar-refractivity contribution is 7.89. The summed E-state index contributed by atoms with van der Waals surface area (Å²) in [6, 6.07) is 16.4. The lowest BCUT2D eigenvalue weighted by atomic mass is 10.1. The standard InChI is InChI=1S/C25H26N4O5S/c1-34-22-11-8-18(16-23(22)35(32,33)27-14-12-19-6-2-3-13-26-19)25(31)29-21-7-4-5-17(15-21)24(30)28-20-9-10-20/h2-8,11,13,15-16,20,27H,9-10,12,14H2,1H3,(H,28,30)(H,29,31). The Kier molecular flexibility index (Phi) is 7.42. The summed E-state index contributed by atoms with van der Waals surface area (Å²) in [5, 5.41) is 5.62. The summed E-state index contributed by atoms with van der Waals surface area (Å²) in [6.45, 7) is 0.134. The number of anilines is 1. The number of nitrogens with one attached hydrogen (secondary N) is 3. The highest BCUT2D eigenvalue weighted by Crippen LogP contribution is 2.26. The summed E-state index contributed by atoms with van der Waals surface area (Å²) in [6.07, 6.45) is 4.00. The Labute approximate surface area is 204 Å². The van der Waals surface area contributed by atoms with E-state index in [4.69, 9.17) is 4.74 Å². The largest absolute Gasteiger partial charge is 0.495 e. The SMILES string of the molecule is COc1ccc(C(=O)Nc2cccc(C(=O)NC3CC3)c2)cc1S(=O)(=O)NCCc1ccccn1. The van der Waals surface area contributed by atoms with E-state index in [0.29, 0.717) is 17.7 Å². The molecule has 0 unspecified atom stereocenters. The fourth-order valence-electron chi connectivity index (χ4n) is 3.40. The lowest BCUT2D eigenvalue weighted by molar-refractivity contribution is 0.0949. The molecule has 1 heterocycles. The maximum Gasteiger partial charge on any atom is 0.255 e. The molecule has 1 aliphatic carbocycles. The third kappa shape index (κ3) is 6.43. The van der Waals surface area contributed by atoms with Crippen molar-refractivity contribution in [3.63, 3.8) is 0 Å². The number of ether oxygens (including phenoxy) is 1. The van der Waals surface area contributed by atoms with Crippen molar-refractivity contribution in [1.29, 1.82) is 0 Å². The van der Waals surface area contributed by atoms with Crippen LogP contribution in [-0.2, 0) is 16.4 Å². The van der Waals surface area contributed by atoms with Gasteiger partial charge in [-0.15, -0.1) is 0 Å². The minimum atomic E-state index is -3.96. The third-order valence-electron chi connectivity index (χ3n) is 5.41. The van der Waals surface area contributed by atoms with Gasteiger partial charge in [0.05, 0.1) is 7.11 Å². The van der Waals surface area contributed by atoms with Crippen molar-refractivity contribution >= 4 is 27.5 Å². The van der Waals surface area contributed by atoms with Crippen molar-refractivity contribution in [3.05, 3.63) is 83.7 Å². The first kappa shape index (κ1) is 24.4. The number of hydrogen-bond donors (Lipinski definition) is 3. The summed E-state index contributed by atoms with van der Waals surface area (Å²) in [4.78, 5) is 29.2.